The maximum atomic E-state index is 5.14. The molecule has 0 bridgehead atoms. The van der Waals surface area contributed by atoms with Crippen molar-refractivity contribution in [3.63, 3.8) is 0 Å². The van der Waals surface area contributed by atoms with Crippen molar-refractivity contribution >= 4 is 105 Å². The van der Waals surface area contributed by atoms with Gasteiger partial charge in [-0.1, -0.05) is 115 Å². The minimum Gasteiger partial charge on any atom is -0.208 e. The Morgan fingerprint density at radius 2 is 0.878 bits per heavy atom. The molecule has 0 saturated heterocycles. The summed E-state index contributed by atoms with van der Waals surface area (Å²) in [6.45, 7) is 0. The third kappa shape index (κ3) is 4.02. The zero-order valence-electron chi connectivity index (χ0n) is 25.8. The molecule has 4 heterocycles. The fourth-order valence-corrected chi connectivity index (χ4v) is 11.2. The van der Waals surface area contributed by atoms with Gasteiger partial charge in [0, 0.05) is 73.2 Å². The third-order valence-corrected chi connectivity index (χ3v) is 13.2. The van der Waals surface area contributed by atoms with Gasteiger partial charge in [-0.05, 0) is 29.7 Å². The minimum absolute atomic E-state index is 0.673. The number of thiophene rings is 3. The van der Waals surface area contributed by atoms with Gasteiger partial charge in [0.1, 0.15) is 0 Å². The van der Waals surface area contributed by atoms with E-state index in [1.165, 1.54) is 71.3 Å². The van der Waals surface area contributed by atoms with Gasteiger partial charge in [-0.3, -0.25) is 0 Å². The number of aromatic nitrogens is 3. The predicted octanol–water partition coefficient (Wildman–Crippen LogP) is 13.1. The van der Waals surface area contributed by atoms with Crippen LogP contribution >= 0.6 is 34.0 Å². The first-order chi connectivity index (χ1) is 24.3. The van der Waals surface area contributed by atoms with Gasteiger partial charge in [-0.2, -0.15) is 0 Å². The summed E-state index contributed by atoms with van der Waals surface area (Å²) in [6.07, 6.45) is 0. The van der Waals surface area contributed by atoms with Crippen LogP contribution in [0.2, 0.25) is 0 Å². The van der Waals surface area contributed by atoms with Gasteiger partial charge in [0.15, 0.2) is 17.5 Å². The number of rotatable bonds is 3. The Balaban J connectivity index is 1.29. The van der Waals surface area contributed by atoms with Crippen LogP contribution in [-0.4, -0.2) is 15.0 Å². The summed E-state index contributed by atoms with van der Waals surface area (Å²) in [4.78, 5) is 15.2. The molecule has 49 heavy (non-hydrogen) atoms. The van der Waals surface area contributed by atoms with Crippen LogP contribution in [0, 0.1) is 0 Å². The summed E-state index contributed by atoms with van der Waals surface area (Å²) in [7, 11) is 0. The fourth-order valence-electron chi connectivity index (χ4n) is 7.39. The molecule has 7 aromatic carbocycles. The van der Waals surface area contributed by atoms with Crippen molar-refractivity contribution in [2.24, 2.45) is 0 Å². The van der Waals surface area contributed by atoms with Crippen molar-refractivity contribution in [2.45, 2.75) is 0 Å². The number of hydrogen-bond donors (Lipinski definition) is 0. The molecule has 0 fully saturated rings. The normalized spacial score (nSPS) is 12.1. The van der Waals surface area contributed by atoms with E-state index in [0.717, 1.165) is 16.7 Å². The van der Waals surface area contributed by atoms with Crippen LogP contribution in [0.4, 0.5) is 0 Å². The summed E-state index contributed by atoms with van der Waals surface area (Å²) < 4.78 is 7.85. The molecule has 0 aliphatic carbocycles. The van der Waals surface area contributed by atoms with E-state index < -0.39 is 0 Å². The standard InChI is InChI=1S/C43H23N3S3/c1-3-12-24(13-4-1)41-44-42(25-14-5-2-6-15-25)46-43(45-41)30-19-11-18-29-34-28-22-23-33-35(26-16-7-9-20-31(26)47-33)36(28)37-27-17-8-10-21-32(27)48-40(37)39(34)49-38(29)30/h1-23H. The fraction of sp³-hybridized carbons (Fsp3) is 0. The van der Waals surface area contributed by atoms with Gasteiger partial charge >= 0.3 is 0 Å². The smallest absolute Gasteiger partial charge is 0.165 e. The van der Waals surface area contributed by atoms with Crippen LogP contribution in [0.5, 0.6) is 0 Å². The average Bonchev–Trinajstić information content (AvgIpc) is 3.87. The molecular formula is C43H23N3S3. The van der Waals surface area contributed by atoms with Crippen molar-refractivity contribution in [3.05, 3.63) is 140 Å². The number of fused-ring (bicyclic) bond motifs is 14. The highest BCUT2D eigenvalue weighted by atomic mass is 32.1. The molecule has 3 nitrogen and oxygen atoms in total. The number of hydrogen-bond acceptors (Lipinski definition) is 6. The first kappa shape index (κ1) is 27.4. The van der Waals surface area contributed by atoms with E-state index in [9.17, 15) is 0 Å². The van der Waals surface area contributed by atoms with E-state index >= 15 is 0 Å². The first-order valence-electron chi connectivity index (χ1n) is 16.2. The maximum absolute atomic E-state index is 5.14. The summed E-state index contributed by atoms with van der Waals surface area (Å²) in [5.41, 5.74) is 2.97. The summed E-state index contributed by atoms with van der Waals surface area (Å²) in [6, 6.07) is 49.5. The van der Waals surface area contributed by atoms with E-state index in [2.05, 4.69) is 103 Å². The molecule has 0 spiro atoms. The molecule has 0 N–H and O–H groups in total. The van der Waals surface area contributed by atoms with E-state index in [-0.39, 0.29) is 0 Å². The van der Waals surface area contributed by atoms with Gasteiger partial charge in [0.25, 0.3) is 0 Å². The molecular weight excluding hydrogens is 655 g/mol. The number of benzene rings is 7. The summed E-state index contributed by atoms with van der Waals surface area (Å²) in [5, 5.41) is 10.6. The van der Waals surface area contributed by atoms with Gasteiger partial charge < -0.3 is 0 Å². The molecule has 11 aromatic rings. The van der Waals surface area contributed by atoms with Gasteiger partial charge in [0.2, 0.25) is 0 Å². The Labute approximate surface area is 292 Å². The minimum atomic E-state index is 0.673. The van der Waals surface area contributed by atoms with Crippen molar-refractivity contribution in [3.8, 4) is 34.2 Å². The second kappa shape index (κ2) is 10.5. The quantitative estimate of drug-likeness (QED) is 0.187. The summed E-state index contributed by atoms with van der Waals surface area (Å²) in [5.74, 6) is 2.03. The van der Waals surface area contributed by atoms with Crippen molar-refractivity contribution in [1.29, 1.82) is 0 Å². The van der Waals surface area contributed by atoms with Crippen LogP contribution in [0.1, 0.15) is 0 Å². The van der Waals surface area contributed by atoms with Crippen molar-refractivity contribution in [1.82, 2.24) is 15.0 Å². The highest BCUT2D eigenvalue weighted by molar-refractivity contribution is 7.34. The van der Waals surface area contributed by atoms with Gasteiger partial charge in [0.05, 0.1) is 9.40 Å². The summed E-state index contributed by atoms with van der Waals surface area (Å²) >= 11 is 5.67. The molecule has 0 unspecified atom stereocenters. The van der Waals surface area contributed by atoms with Crippen molar-refractivity contribution < 1.29 is 0 Å². The molecule has 0 amide bonds. The van der Waals surface area contributed by atoms with E-state index in [1.807, 2.05) is 70.4 Å². The lowest BCUT2D eigenvalue weighted by Crippen LogP contribution is -2.00. The van der Waals surface area contributed by atoms with E-state index in [1.54, 1.807) is 0 Å². The van der Waals surface area contributed by atoms with E-state index in [0.29, 0.717) is 17.5 Å². The highest BCUT2D eigenvalue weighted by Crippen LogP contribution is 2.53. The molecule has 0 saturated carbocycles. The highest BCUT2D eigenvalue weighted by Gasteiger charge is 2.23. The lowest BCUT2D eigenvalue weighted by molar-refractivity contribution is 1.08. The van der Waals surface area contributed by atoms with Gasteiger partial charge in [-0.15, -0.1) is 34.0 Å². The van der Waals surface area contributed by atoms with Crippen LogP contribution in [0.3, 0.4) is 0 Å². The predicted molar refractivity (Wildman–Crippen MR) is 212 cm³/mol. The molecule has 228 valence electrons. The molecule has 11 rings (SSSR count). The zero-order chi connectivity index (χ0) is 32.1. The Morgan fingerprint density at radius 1 is 0.306 bits per heavy atom. The molecule has 6 heteroatoms. The largest absolute Gasteiger partial charge is 0.208 e. The molecule has 0 radical (unpaired) electrons. The Hall–Kier alpha value is -5.53. The average molecular weight is 678 g/mol. The van der Waals surface area contributed by atoms with E-state index in [4.69, 9.17) is 15.0 Å². The second-order valence-electron chi connectivity index (χ2n) is 12.3. The Kier molecular flexibility index (Phi) is 5.87. The van der Waals surface area contributed by atoms with Gasteiger partial charge in [-0.25, -0.2) is 15.0 Å². The molecule has 0 atom stereocenters. The second-order valence-corrected chi connectivity index (χ2v) is 15.4. The Morgan fingerprint density at radius 3 is 1.59 bits per heavy atom. The topological polar surface area (TPSA) is 38.7 Å². The van der Waals surface area contributed by atoms with Crippen LogP contribution < -0.4 is 0 Å². The maximum Gasteiger partial charge on any atom is 0.165 e. The Bertz CT molecular complexity index is 3040. The zero-order valence-corrected chi connectivity index (χ0v) is 28.3. The SMILES string of the molecule is c1ccc(-c2nc(-c3ccccc3)nc(-c3cccc4c3sc3c5sc6ccccc6c5c5c(ccc6sc7ccccc7c65)c43)n2)cc1. The molecule has 4 aromatic heterocycles. The third-order valence-electron chi connectivity index (χ3n) is 9.52. The van der Waals surface area contributed by atoms with Crippen molar-refractivity contribution in [2.75, 3.05) is 0 Å². The first-order valence-corrected chi connectivity index (χ1v) is 18.6. The van der Waals surface area contributed by atoms with Crippen LogP contribution in [-0.2, 0) is 0 Å². The number of nitrogens with zero attached hydrogens (tertiary/aromatic N) is 3. The lowest BCUT2D eigenvalue weighted by atomic mass is 9.95. The molecule has 0 aliphatic heterocycles. The lowest BCUT2D eigenvalue weighted by Gasteiger charge is -2.09. The molecule has 0 aliphatic rings. The monoisotopic (exact) mass is 677 g/mol. The van der Waals surface area contributed by atoms with Crippen LogP contribution in [0.25, 0.3) is 105 Å². The van der Waals surface area contributed by atoms with Crippen LogP contribution in [0.15, 0.2) is 140 Å².